The zero-order valence-electron chi connectivity index (χ0n) is 38.3. The van der Waals surface area contributed by atoms with E-state index in [9.17, 15) is 14.4 Å². The van der Waals surface area contributed by atoms with Crippen LogP contribution in [-0.4, -0.2) is 88.7 Å². The number of nitrogens with zero attached hydrogens (tertiary/aromatic N) is 6. The van der Waals surface area contributed by atoms with Crippen molar-refractivity contribution in [2.24, 2.45) is 0 Å². The zero-order chi connectivity index (χ0) is 48.3. The van der Waals surface area contributed by atoms with Crippen molar-refractivity contribution in [2.75, 3.05) is 37.2 Å². The van der Waals surface area contributed by atoms with Crippen molar-refractivity contribution in [3.63, 3.8) is 0 Å². The van der Waals surface area contributed by atoms with Crippen molar-refractivity contribution in [3.05, 3.63) is 99.0 Å². The number of piperazine rings is 1. The van der Waals surface area contributed by atoms with Gasteiger partial charge in [-0.2, -0.15) is 18.2 Å². The van der Waals surface area contributed by atoms with Crippen LogP contribution in [0.15, 0.2) is 59.4 Å². The van der Waals surface area contributed by atoms with Gasteiger partial charge in [0.15, 0.2) is 5.82 Å². The molecule has 19 heteroatoms. The van der Waals surface area contributed by atoms with Crippen LogP contribution in [0, 0.1) is 18.6 Å². The number of rotatable bonds is 11. The first-order chi connectivity index (χ1) is 31.7. The van der Waals surface area contributed by atoms with E-state index < -0.39 is 106 Å². The summed E-state index contributed by atoms with van der Waals surface area (Å²) in [5.74, 6) is -2.97. The van der Waals surface area contributed by atoms with E-state index in [0.717, 1.165) is 13.0 Å². The highest BCUT2D eigenvalue weighted by molar-refractivity contribution is 5.98. The van der Waals surface area contributed by atoms with Gasteiger partial charge in [-0.3, -0.25) is 14.3 Å². The average Bonchev–Trinajstić information content (AvgIpc) is 3.52. The minimum Gasteiger partial charge on any atom is -0.497 e. The highest BCUT2D eigenvalue weighted by Gasteiger charge is 2.54. The molecule has 8 rings (SSSR count). The molecule has 2 saturated heterocycles. The standard InChI is InChI=1S/C48H51F5N6O8/c1-9-65-35(60)24-58-42-36-43(55-45(58)61)57-23-29-14-19-33(59(29)46(62)67-47(4,5)6)41(57)26(3)66-44(36)54-40(39(42)50)32-20-34(38(49)25(2)37(32)48(51,52)53)56(21-27-10-15-30(63-7)16-11-27)22-28-12-17-31(64-8)18-13-28/h10-13,15-18,20,26,29,33,41H,9,14,19,21-24H2,1-8H3/t26-,29+,33-,41+/m0/s1. The summed E-state index contributed by atoms with van der Waals surface area (Å²) in [5.41, 5.74) is -5.71. The molecule has 0 N–H and O–H groups in total. The first-order valence-electron chi connectivity index (χ1n) is 21.9. The summed E-state index contributed by atoms with van der Waals surface area (Å²) in [6.07, 6.45) is -5.66. The van der Waals surface area contributed by atoms with Crippen LogP contribution in [0.25, 0.3) is 22.2 Å². The average molecular weight is 935 g/mol. The Balaban J connectivity index is 1.36. The number of halogens is 5. The molecule has 0 unspecified atom stereocenters. The van der Waals surface area contributed by atoms with Crippen LogP contribution in [0.1, 0.15) is 69.7 Å². The Morgan fingerprint density at radius 1 is 0.910 bits per heavy atom. The number of carbonyl (C=O) groups is 2. The fraction of sp³-hybridized carbons (Fsp3) is 0.438. The van der Waals surface area contributed by atoms with Gasteiger partial charge in [0.25, 0.3) is 0 Å². The number of pyridine rings is 1. The Morgan fingerprint density at radius 3 is 2.07 bits per heavy atom. The Morgan fingerprint density at radius 2 is 1.52 bits per heavy atom. The number of hydrogen-bond donors (Lipinski definition) is 0. The summed E-state index contributed by atoms with van der Waals surface area (Å²) in [6, 6.07) is 12.9. The molecule has 2 fully saturated rings. The first kappa shape index (κ1) is 46.9. The summed E-state index contributed by atoms with van der Waals surface area (Å²) < 4.78 is 110. The van der Waals surface area contributed by atoms with Crippen molar-refractivity contribution >= 4 is 34.5 Å². The lowest BCUT2D eigenvalue weighted by atomic mass is 9.95. The lowest BCUT2D eigenvalue weighted by Gasteiger charge is -2.48. The maximum atomic E-state index is 18.0. The summed E-state index contributed by atoms with van der Waals surface area (Å²) >= 11 is 0. The van der Waals surface area contributed by atoms with Gasteiger partial charge in [0.1, 0.15) is 58.0 Å². The smallest absolute Gasteiger partial charge is 0.417 e. The second-order valence-corrected chi connectivity index (χ2v) is 17.9. The van der Waals surface area contributed by atoms with Crippen molar-refractivity contribution in [1.29, 1.82) is 0 Å². The van der Waals surface area contributed by atoms with Crippen LogP contribution < -0.4 is 29.7 Å². The van der Waals surface area contributed by atoms with E-state index in [2.05, 4.69) is 9.97 Å². The molecule has 0 spiro atoms. The molecular weight excluding hydrogens is 884 g/mol. The first-order valence-corrected chi connectivity index (χ1v) is 21.9. The monoisotopic (exact) mass is 934 g/mol. The fourth-order valence-electron chi connectivity index (χ4n) is 9.55. The van der Waals surface area contributed by atoms with Crippen LogP contribution in [0.4, 0.5) is 38.3 Å². The molecule has 5 aromatic rings. The third-order valence-corrected chi connectivity index (χ3v) is 12.4. The van der Waals surface area contributed by atoms with Gasteiger partial charge in [0.05, 0.1) is 50.2 Å². The Bertz CT molecular complexity index is 2730. The number of benzene rings is 3. The van der Waals surface area contributed by atoms with Crippen molar-refractivity contribution < 1.29 is 55.2 Å². The number of esters is 1. The van der Waals surface area contributed by atoms with E-state index in [1.54, 1.807) is 86.0 Å². The van der Waals surface area contributed by atoms with Gasteiger partial charge in [-0.25, -0.2) is 23.4 Å². The van der Waals surface area contributed by atoms with Gasteiger partial charge in [-0.15, -0.1) is 0 Å². The number of methoxy groups -OCH3 is 2. The molecule has 5 heterocycles. The third kappa shape index (κ3) is 8.87. The van der Waals surface area contributed by atoms with E-state index in [0.29, 0.717) is 40.0 Å². The molecule has 14 nitrogen and oxygen atoms in total. The third-order valence-electron chi connectivity index (χ3n) is 12.4. The molecule has 4 atom stereocenters. The molecule has 2 bridgehead atoms. The minimum atomic E-state index is -5.26. The molecule has 0 radical (unpaired) electrons. The Kier molecular flexibility index (Phi) is 12.5. The minimum absolute atomic E-state index is 0.0233. The summed E-state index contributed by atoms with van der Waals surface area (Å²) in [6.45, 7) is 8.50. The second-order valence-electron chi connectivity index (χ2n) is 17.9. The molecule has 67 heavy (non-hydrogen) atoms. The fourth-order valence-corrected chi connectivity index (χ4v) is 9.55. The quantitative estimate of drug-likeness (QED) is 0.0927. The summed E-state index contributed by atoms with van der Waals surface area (Å²) in [5, 5.41) is -0.183. The summed E-state index contributed by atoms with van der Waals surface area (Å²) in [7, 11) is 2.99. The van der Waals surface area contributed by atoms with Gasteiger partial charge in [0.2, 0.25) is 5.88 Å². The van der Waals surface area contributed by atoms with Crippen LogP contribution in [0.3, 0.4) is 0 Å². The Hall–Kier alpha value is -6.66. The summed E-state index contributed by atoms with van der Waals surface area (Å²) in [4.78, 5) is 54.8. The molecule has 3 aromatic carbocycles. The number of hydrogen-bond acceptors (Lipinski definition) is 12. The molecule has 2 aromatic heterocycles. The number of amides is 1. The number of carbonyl (C=O) groups excluding carboxylic acids is 2. The lowest BCUT2D eigenvalue weighted by molar-refractivity contribution is -0.143. The predicted molar refractivity (Wildman–Crippen MR) is 238 cm³/mol. The van der Waals surface area contributed by atoms with Crippen LogP contribution in [0.5, 0.6) is 17.4 Å². The zero-order valence-corrected chi connectivity index (χ0v) is 38.3. The molecule has 3 aliphatic heterocycles. The van der Waals surface area contributed by atoms with Gasteiger partial charge in [-0.1, -0.05) is 24.3 Å². The molecule has 0 saturated carbocycles. The van der Waals surface area contributed by atoms with Crippen LogP contribution >= 0.6 is 0 Å². The highest BCUT2D eigenvalue weighted by Crippen LogP contribution is 2.49. The predicted octanol–water partition coefficient (Wildman–Crippen LogP) is 8.59. The molecular formula is C48H51F5N6O8. The maximum absolute atomic E-state index is 18.0. The topological polar surface area (TPSA) is 138 Å². The van der Waals surface area contributed by atoms with Crippen molar-refractivity contribution in [2.45, 2.75) is 110 Å². The van der Waals surface area contributed by atoms with Crippen molar-refractivity contribution in [3.8, 4) is 28.6 Å². The number of anilines is 2. The maximum Gasteiger partial charge on any atom is 0.417 e. The molecule has 3 aliphatic rings. The van der Waals surface area contributed by atoms with E-state index in [-0.39, 0.29) is 43.1 Å². The number of aromatic nitrogens is 3. The molecule has 1 amide bonds. The molecule has 0 aliphatic carbocycles. The Labute approximate surface area is 383 Å². The van der Waals surface area contributed by atoms with E-state index in [1.165, 1.54) is 26.0 Å². The normalized spacial score (nSPS) is 18.8. The number of alkyl halides is 3. The van der Waals surface area contributed by atoms with E-state index in [1.807, 2.05) is 0 Å². The van der Waals surface area contributed by atoms with Gasteiger partial charge in [0, 0.05) is 25.2 Å². The second kappa shape index (κ2) is 17.9. The van der Waals surface area contributed by atoms with Crippen LogP contribution in [0.2, 0.25) is 0 Å². The van der Waals surface area contributed by atoms with E-state index >= 15 is 22.0 Å². The SMILES string of the molecule is CCOC(=O)Cn1c(=O)nc2c3c(nc(-c4cc(N(Cc5ccc(OC)cc5)Cc5ccc(OC)cc5)c(F)c(C)c4C(F)(F)F)c(F)c31)O[C@@H](C)[C@@H]1[C@@H]3CC[C@H](CN21)N3C(=O)OC(C)(C)C. The van der Waals surface area contributed by atoms with Gasteiger partial charge in [-0.05, 0) is 101 Å². The van der Waals surface area contributed by atoms with Crippen LogP contribution in [-0.2, 0) is 40.1 Å². The number of fused-ring (bicyclic) bond motifs is 5. The largest absolute Gasteiger partial charge is 0.497 e. The van der Waals surface area contributed by atoms with Crippen molar-refractivity contribution in [1.82, 2.24) is 19.4 Å². The van der Waals surface area contributed by atoms with Gasteiger partial charge >= 0.3 is 23.9 Å². The van der Waals surface area contributed by atoms with Gasteiger partial charge < -0.3 is 33.5 Å². The lowest BCUT2D eigenvalue weighted by Crippen LogP contribution is -2.65. The number of ether oxygens (including phenoxy) is 5. The highest BCUT2D eigenvalue weighted by atomic mass is 19.4. The molecule has 356 valence electrons. The van der Waals surface area contributed by atoms with E-state index in [4.69, 9.17) is 23.7 Å².